The molecule has 0 amide bonds. The van der Waals surface area contributed by atoms with E-state index in [2.05, 4.69) is 6.07 Å². The number of carbonyl (C=O) groups excluding carboxylic acids is 1. The monoisotopic (exact) mass is 230 g/mol. The van der Waals surface area contributed by atoms with Crippen LogP contribution in [-0.4, -0.2) is 5.78 Å². The summed E-state index contributed by atoms with van der Waals surface area (Å²) in [6, 6.07) is 9.87. The van der Waals surface area contributed by atoms with Crippen LogP contribution in [0.1, 0.15) is 28.8 Å². The Labute approximate surface area is 99.0 Å². The number of hydrogen-bond donors (Lipinski definition) is 0. The van der Waals surface area contributed by atoms with Crippen LogP contribution >= 0.6 is 11.6 Å². The third kappa shape index (κ3) is 1.35. The van der Waals surface area contributed by atoms with Gasteiger partial charge in [0.15, 0.2) is 5.78 Å². The highest BCUT2D eigenvalue weighted by molar-refractivity contribution is 6.36. The number of hydrogen-bond acceptors (Lipinski definition) is 1. The van der Waals surface area contributed by atoms with Gasteiger partial charge in [-0.05, 0) is 29.9 Å². The standard InChI is InChI=1S/C14H11ClO/c15-13-8-12-10(6-3-7-14(12)16)9-4-1-2-5-11(9)13/h1-2,4-5,8H,3,6-7H2. The molecule has 3 rings (SSSR count). The van der Waals surface area contributed by atoms with E-state index in [-0.39, 0.29) is 5.78 Å². The molecule has 16 heavy (non-hydrogen) atoms. The van der Waals surface area contributed by atoms with Gasteiger partial charge in [0.2, 0.25) is 0 Å². The van der Waals surface area contributed by atoms with Crippen molar-refractivity contribution in [3.05, 3.63) is 46.5 Å². The molecule has 0 heterocycles. The molecular formula is C14H11ClO. The van der Waals surface area contributed by atoms with E-state index in [4.69, 9.17) is 11.6 Å². The maximum absolute atomic E-state index is 11.8. The van der Waals surface area contributed by atoms with Crippen LogP contribution in [-0.2, 0) is 6.42 Å². The van der Waals surface area contributed by atoms with Crippen molar-refractivity contribution in [1.29, 1.82) is 0 Å². The van der Waals surface area contributed by atoms with Gasteiger partial charge in [-0.3, -0.25) is 4.79 Å². The summed E-state index contributed by atoms with van der Waals surface area (Å²) in [5.74, 6) is 0.230. The smallest absolute Gasteiger partial charge is 0.163 e. The zero-order chi connectivity index (χ0) is 11.1. The fourth-order valence-corrected chi connectivity index (χ4v) is 2.74. The van der Waals surface area contributed by atoms with Gasteiger partial charge in [0.1, 0.15) is 0 Å². The molecule has 1 aliphatic rings. The minimum atomic E-state index is 0.230. The molecule has 1 nitrogen and oxygen atoms in total. The second-order valence-corrected chi connectivity index (χ2v) is 4.61. The molecule has 0 aliphatic heterocycles. The second kappa shape index (κ2) is 3.60. The first-order valence-electron chi connectivity index (χ1n) is 5.50. The number of benzene rings is 2. The van der Waals surface area contributed by atoms with Gasteiger partial charge in [0.05, 0.1) is 0 Å². The number of fused-ring (bicyclic) bond motifs is 3. The van der Waals surface area contributed by atoms with Gasteiger partial charge in [0.25, 0.3) is 0 Å². The topological polar surface area (TPSA) is 17.1 Å². The van der Waals surface area contributed by atoms with Crippen LogP contribution in [0.4, 0.5) is 0 Å². The van der Waals surface area contributed by atoms with Crippen LogP contribution in [0, 0.1) is 0 Å². The Morgan fingerprint density at radius 2 is 1.81 bits per heavy atom. The summed E-state index contributed by atoms with van der Waals surface area (Å²) < 4.78 is 0. The summed E-state index contributed by atoms with van der Waals surface area (Å²) in [4.78, 5) is 11.8. The molecule has 80 valence electrons. The Hall–Kier alpha value is -1.34. The lowest BCUT2D eigenvalue weighted by Gasteiger charge is -2.17. The van der Waals surface area contributed by atoms with E-state index >= 15 is 0 Å². The average Bonchev–Trinajstić information content (AvgIpc) is 2.31. The van der Waals surface area contributed by atoms with E-state index in [1.165, 1.54) is 5.56 Å². The summed E-state index contributed by atoms with van der Waals surface area (Å²) in [6.45, 7) is 0. The normalized spacial score (nSPS) is 15.2. The fraction of sp³-hybridized carbons (Fsp3) is 0.214. The molecule has 0 aromatic heterocycles. The Balaban J connectivity index is 2.43. The Morgan fingerprint density at radius 1 is 1.06 bits per heavy atom. The summed E-state index contributed by atoms with van der Waals surface area (Å²) in [5, 5.41) is 2.88. The third-order valence-electron chi connectivity index (χ3n) is 3.24. The molecule has 0 radical (unpaired) electrons. The second-order valence-electron chi connectivity index (χ2n) is 4.21. The number of halogens is 1. The summed E-state index contributed by atoms with van der Waals surface area (Å²) in [5.41, 5.74) is 2.01. The molecule has 0 bridgehead atoms. The molecule has 0 atom stereocenters. The molecule has 2 aromatic rings. The number of aryl methyl sites for hydroxylation is 1. The van der Waals surface area contributed by atoms with Crippen molar-refractivity contribution in [3.63, 3.8) is 0 Å². The lowest BCUT2D eigenvalue weighted by Crippen LogP contribution is -2.11. The highest BCUT2D eigenvalue weighted by Crippen LogP contribution is 2.33. The largest absolute Gasteiger partial charge is 0.294 e. The first-order valence-corrected chi connectivity index (χ1v) is 5.88. The number of Topliss-reactive ketones (excluding diaryl/α,β-unsaturated/α-hetero) is 1. The van der Waals surface area contributed by atoms with E-state index in [1.54, 1.807) is 0 Å². The van der Waals surface area contributed by atoms with Crippen molar-refractivity contribution in [2.45, 2.75) is 19.3 Å². The highest BCUT2D eigenvalue weighted by Gasteiger charge is 2.20. The minimum absolute atomic E-state index is 0.230. The number of carbonyl (C=O) groups is 1. The molecule has 0 spiro atoms. The maximum atomic E-state index is 11.8. The molecule has 0 fully saturated rings. The molecule has 0 saturated carbocycles. The molecule has 0 unspecified atom stereocenters. The zero-order valence-corrected chi connectivity index (χ0v) is 9.55. The average molecular weight is 231 g/mol. The van der Waals surface area contributed by atoms with Gasteiger partial charge in [-0.25, -0.2) is 0 Å². The van der Waals surface area contributed by atoms with Crippen LogP contribution in [0.3, 0.4) is 0 Å². The predicted octanol–water partition coefficient (Wildman–Crippen LogP) is 4.01. The van der Waals surface area contributed by atoms with Gasteiger partial charge in [-0.1, -0.05) is 35.9 Å². The third-order valence-corrected chi connectivity index (χ3v) is 3.55. The number of rotatable bonds is 0. The van der Waals surface area contributed by atoms with E-state index in [1.807, 2.05) is 24.3 Å². The Kier molecular flexibility index (Phi) is 2.22. The van der Waals surface area contributed by atoms with Crippen LogP contribution in [0.25, 0.3) is 10.8 Å². The van der Waals surface area contributed by atoms with Crippen molar-refractivity contribution >= 4 is 28.2 Å². The van der Waals surface area contributed by atoms with Crippen LogP contribution in [0.2, 0.25) is 5.02 Å². The summed E-state index contributed by atoms with van der Waals surface area (Å²) >= 11 is 6.21. The molecule has 0 saturated heterocycles. The van der Waals surface area contributed by atoms with Gasteiger partial charge in [-0.2, -0.15) is 0 Å². The van der Waals surface area contributed by atoms with Gasteiger partial charge >= 0.3 is 0 Å². The first-order chi connectivity index (χ1) is 7.77. The van der Waals surface area contributed by atoms with Crippen molar-refractivity contribution in [3.8, 4) is 0 Å². The Bertz CT molecular complexity index is 587. The van der Waals surface area contributed by atoms with Crippen molar-refractivity contribution < 1.29 is 4.79 Å². The van der Waals surface area contributed by atoms with Crippen LogP contribution in [0.15, 0.2) is 30.3 Å². The molecule has 0 N–H and O–H groups in total. The van der Waals surface area contributed by atoms with Gasteiger partial charge in [-0.15, -0.1) is 0 Å². The molecular weight excluding hydrogens is 220 g/mol. The van der Waals surface area contributed by atoms with Crippen LogP contribution < -0.4 is 0 Å². The quantitative estimate of drug-likeness (QED) is 0.668. The maximum Gasteiger partial charge on any atom is 0.163 e. The fourth-order valence-electron chi connectivity index (χ4n) is 2.47. The zero-order valence-electron chi connectivity index (χ0n) is 8.79. The van der Waals surface area contributed by atoms with E-state index in [0.717, 1.165) is 29.2 Å². The predicted molar refractivity (Wildman–Crippen MR) is 66.2 cm³/mol. The minimum Gasteiger partial charge on any atom is -0.294 e. The van der Waals surface area contributed by atoms with Crippen LogP contribution in [0.5, 0.6) is 0 Å². The highest BCUT2D eigenvalue weighted by atomic mass is 35.5. The van der Waals surface area contributed by atoms with Gasteiger partial charge in [0, 0.05) is 22.4 Å². The lowest BCUT2D eigenvalue weighted by molar-refractivity contribution is 0.0973. The SMILES string of the molecule is O=C1CCCc2c1cc(Cl)c1ccccc21. The van der Waals surface area contributed by atoms with E-state index in [0.29, 0.717) is 11.4 Å². The molecule has 1 aliphatic carbocycles. The van der Waals surface area contributed by atoms with Crippen molar-refractivity contribution in [2.75, 3.05) is 0 Å². The number of ketones is 1. The summed E-state index contributed by atoms with van der Waals surface area (Å²) in [6.07, 6.45) is 2.60. The van der Waals surface area contributed by atoms with Gasteiger partial charge < -0.3 is 0 Å². The molecule has 2 heteroatoms. The van der Waals surface area contributed by atoms with E-state index in [9.17, 15) is 4.79 Å². The molecule has 2 aromatic carbocycles. The first kappa shape index (κ1) is 9.86. The Morgan fingerprint density at radius 3 is 2.62 bits per heavy atom. The summed E-state index contributed by atoms with van der Waals surface area (Å²) in [7, 11) is 0. The van der Waals surface area contributed by atoms with Crippen molar-refractivity contribution in [2.24, 2.45) is 0 Å². The van der Waals surface area contributed by atoms with E-state index < -0.39 is 0 Å². The lowest BCUT2D eigenvalue weighted by atomic mass is 9.87. The van der Waals surface area contributed by atoms with Crippen molar-refractivity contribution in [1.82, 2.24) is 0 Å².